The van der Waals surface area contributed by atoms with E-state index < -0.39 is 0 Å². The lowest BCUT2D eigenvalue weighted by atomic mass is 10.1. The van der Waals surface area contributed by atoms with Gasteiger partial charge in [-0.1, -0.05) is 35.3 Å². The van der Waals surface area contributed by atoms with E-state index in [0.717, 1.165) is 22.2 Å². The van der Waals surface area contributed by atoms with E-state index >= 15 is 0 Å². The fraction of sp³-hybridized carbons (Fsp3) is 0.0952. The fourth-order valence-corrected chi connectivity index (χ4v) is 4.28. The van der Waals surface area contributed by atoms with Gasteiger partial charge in [-0.15, -0.1) is 0 Å². The molecular formula is C21H16Cl2N4OS. The Morgan fingerprint density at radius 3 is 2.59 bits per heavy atom. The third-order valence-electron chi connectivity index (χ3n) is 4.34. The monoisotopic (exact) mass is 442 g/mol. The number of nitrogens with zero attached hydrogens (tertiary/aromatic N) is 3. The minimum atomic E-state index is -0.306. The number of nitrogens with one attached hydrogen (secondary N) is 1. The first-order valence-electron chi connectivity index (χ1n) is 8.72. The number of carbonyl (C=O) groups is 1. The molecule has 0 bridgehead atoms. The summed E-state index contributed by atoms with van der Waals surface area (Å²) in [7, 11) is 3.98. The van der Waals surface area contributed by atoms with Crippen molar-refractivity contribution in [2.24, 2.45) is 4.99 Å². The maximum absolute atomic E-state index is 12.4. The first-order valence-corrected chi connectivity index (χ1v) is 10.3. The number of anilines is 2. The number of thioether (sulfide) groups is 1. The predicted octanol–water partition coefficient (Wildman–Crippen LogP) is 5.69. The maximum atomic E-state index is 12.4. The standard InChI is InChI=1S/C21H16Cl2N4OS/c1-27(2)17-8-9-24-16-7-6-12(10-13(16)17)11-18-20(28)26-21(29-18)25-19-14(22)4-3-5-15(19)23/h3-11H,1-2H3,(H,25,26,28). The zero-order valence-electron chi connectivity index (χ0n) is 15.6. The van der Waals surface area contributed by atoms with Crippen molar-refractivity contribution in [3.63, 3.8) is 0 Å². The Hall–Kier alpha value is -2.54. The van der Waals surface area contributed by atoms with E-state index in [9.17, 15) is 4.79 Å². The summed E-state index contributed by atoms with van der Waals surface area (Å²) in [5, 5.41) is 5.43. The van der Waals surface area contributed by atoms with Crippen LogP contribution in [0.25, 0.3) is 17.0 Å². The topological polar surface area (TPSA) is 57.6 Å². The van der Waals surface area contributed by atoms with Crippen molar-refractivity contribution in [3.05, 3.63) is 69.2 Å². The highest BCUT2D eigenvalue weighted by molar-refractivity contribution is 8.18. The van der Waals surface area contributed by atoms with Gasteiger partial charge in [0, 0.05) is 31.4 Å². The molecule has 0 saturated heterocycles. The molecule has 3 aromatic rings. The number of rotatable bonds is 3. The molecule has 2 aromatic carbocycles. The fourth-order valence-electron chi connectivity index (χ4n) is 2.97. The molecule has 0 radical (unpaired) electrons. The highest BCUT2D eigenvalue weighted by Gasteiger charge is 2.23. The first kappa shape index (κ1) is 19.8. The maximum Gasteiger partial charge on any atom is 0.286 e. The van der Waals surface area contributed by atoms with E-state index in [-0.39, 0.29) is 5.91 Å². The number of amidine groups is 1. The molecule has 8 heteroatoms. The molecule has 1 amide bonds. The van der Waals surface area contributed by atoms with Gasteiger partial charge in [-0.25, -0.2) is 0 Å². The summed E-state index contributed by atoms with van der Waals surface area (Å²) in [6, 6.07) is 13.1. The highest BCUT2D eigenvalue weighted by Crippen LogP contribution is 2.35. The van der Waals surface area contributed by atoms with Crippen LogP contribution in [0.3, 0.4) is 0 Å². The number of amides is 1. The molecule has 0 spiro atoms. The summed E-state index contributed by atoms with van der Waals surface area (Å²) in [4.78, 5) is 23.4. The Morgan fingerprint density at radius 1 is 1.10 bits per heavy atom. The molecular weight excluding hydrogens is 427 g/mol. The van der Waals surface area contributed by atoms with Crippen LogP contribution in [0, 0.1) is 0 Å². The number of hydrogen-bond acceptors (Lipinski definition) is 5. The van der Waals surface area contributed by atoms with Crippen molar-refractivity contribution >= 4 is 74.4 Å². The Kier molecular flexibility index (Phi) is 5.50. The number of pyridine rings is 1. The summed E-state index contributed by atoms with van der Waals surface area (Å²) in [6.07, 6.45) is 3.61. The second-order valence-corrected chi connectivity index (χ2v) is 8.40. The molecule has 146 valence electrons. The molecule has 0 saturated carbocycles. The molecule has 0 unspecified atom stereocenters. The molecule has 2 heterocycles. The van der Waals surface area contributed by atoms with Gasteiger partial charge < -0.3 is 10.2 Å². The van der Waals surface area contributed by atoms with Crippen LogP contribution in [0.2, 0.25) is 10.0 Å². The van der Waals surface area contributed by atoms with Gasteiger partial charge in [0.1, 0.15) is 0 Å². The molecule has 1 aliphatic heterocycles. The minimum Gasteiger partial charge on any atom is -0.377 e. The summed E-state index contributed by atoms with van der Waals surface area (Å²) >= 11 is 13.6. The van der Waals surface area contributed by atoms with Crippen LogP contribution in [0.5, 0.6) is 0 Å². The Morgan fingerprint density at radius 2 is 1.86 bits per heavy atom. The number of fused-ring (bicyclic) bond motifs is 1. The van der Waals surface area contributed by atoms with Gasteiger partial charge in [-0.2, -0.15) is 4.99 Å². The molecule has 0 fully saturated rings. The van der Waals surface area contributed by atoms with E-state index in [2.05, 4.69) is 15.3 Å². The first-order chi connectivity index (χ1) is 13.9. The van der Waals surface area contributed by atoms with E-state index in [4.69, 9.17) is 23.2 Å². The van der Waals surface area contributed by atoms with Gasteiger partial charge in [0.2, 0.25) is 0 Å². The van der Waals surface area contributed by atoms with Gasteiger partial charge in [-0.05, 0) is 53.7 Å². The summed E-state index contributed by atoms with van der Waals surface area (Å²) in [5.41, 5.74) is 3.39. The molecule has 29 heavy (non-hydrogen) atoms. The van der Waals surface area contributed by atoms with E-state index in [1.165, 1.54) is 11.8 Å². The molecule has 1 aliphatic rings. The number of carbonyl (C=O) groups excluding carboxylic acids is 1. The Bertz CT molecular complexity index is 1170. The average molecular weight is 443 g/mol. The molecule has 1 N–H and O–H groups in total. The number of hydrogen-bond donors (Lipinski definition) is 1. The Balaban J connectivity index is 1.61. The zero-order valence-corrected chi connectivity index (χ0v) is 17.9. The van der Waals surface area contributed by atoms with Crippen LogP contribution >= 0.6 is 35.0 Å². The van der Waals surface area contributed by atoms with Gasteiger partial charge in [0.15, 0.2) is 5.17 Å². The van der Waals surface area contributed by atoms with Crippen molar-refractivity contribution in [1.82, 2.24) is 4.98 Å². The van der Waals surface area contributed by atoms with Crippen LogP contribution in [0.1, 0.15) is 5.56 Å². The molecule has 0 aliphatic carbocycles. The second-order valence-electron chi connectivity index (χ2n) is 6.56. The van der Waals surface area contributed by atoms with E-state index in [1.807, 2.05) is 49.3 Å². The van der Waals surface area contributed by atoms with Gasteiger partial charge in [0.25, 0.3) is 5.91 Å². The second kappa shape index (κ2) is 8.06. The van der Waals surface area contributed by atoms with Crippen LogP contribution in [-0.2, 0) is 4.79 Å². The van der Waals surface area contributed by atoms with Crippen molar-refractivity contribution < 1.29 is 4.79 Å². The highest BCUT2D eigenvalue weighted by atomic mass is 35.5. The van der Waals surface area contributed by atoms with Gasteiger partial charge >= 0.3 is 0 Å². The number of benzene rings is 2. The zero-order chi connectivity index (χ0) is 20.5. The van der Waals surface area contributed by atoms with Gasteiger partial charge in [0.05, 0.1) is 26.2 Å². The minimum absolute atomic E-state index is 0.306. The molecule has 4 rings (SSSR count). The number of aliphatic imine (C=N–C) groups is 1. The lowest BCUT2D eigenvalue weighted by Crippen LogP contribution is -2.09. The summed E-state index contributed by atoms with van der Waals surface area (Å²) in [5.74, 6) is -0.306. The number of para-hydroxylation sites is 1. The average Bonchev–Trinajstić information content (AvgIpc) is 3.03. The normalized spacial score (nSPS) is 15.1. The lowest BCUT2D eigenvalue weighted by Gasteiger charge is -2.15. The van der Waals surface area contributed by atoms with Crippen molar-refractivity contribution in [2.75, 3.05) is 24.3 Å². The smallest absolute Gasteiger partial charge is 0.286 e. The van der Waals surface area contributed by atoms with Crippen LogP contribution < -0.4 is 10.2 Å². The SMILES string of the molecule is CN(C)c1ccnc2ccc(C=C3SC(Nc4c(Cl)cccc4Cl)=NC3=O)cc12. The third kappa shape index (κ3) is 4.10. The van der Waals surface area contributed by atoms with E-state index in [0.29, 0.717) is 25.8 Å². The summed E-state index contributed by atoms with van der Waals surface area (Å²) < 4.78 is 0. The van der Waals surface area contributed by atoms with Crippen LogP contribution in [0.4, 0.5) is 11.4 Å². The van der Waals surface area contributed by atoms with E-state index in [1.54, 1.807) is 24.4 Å². The third-order valence-corrected chi connectivity index (χ3v) is 5.87. The largest absolute Gasteiger partial charge is 0.377 e. The van der Waals surface area contributed by atoms with Gasteiger partial charge in [-0.3, -0.25) is 9.78 Å². The molecule has 5 nitrogen and oxygen atoms in total. The molecule has 1 aromatic heterocycles. The Labute approximate surface area is 182 Å². The van der Waals surface area contributed by atoms with Crippen molar-refractivity contribution in [2.45, 2.75) is 0 Å². The number of halogens is 2. The summed E-state index contributed by atoms with van der Waals surface area (Å²) in [6.45, 7) is 0. The van der Waals surface area contributed by atoms with Crippen LogP contribution in [-0.4, -0.2) is 30.2 Å². The quantitative estimate of drug-likeness (QED) is 0.527. The van der Waals surface area contributed by atoms with Crippen LogP contribution in [0.15, 0.2) is 58.6 Å². The molecule has 0 atom stereocenters. The lowest BCUT2D eigenvalue weighted by molar-refractivity contribution is -0.113. The number of aromatic nitrogens is 1. The predicted molar refractivity (Wildman–Crippen MR) is 124 cm³/mol. The van der Waals surface area contributed by atoms with Crippen molar-refractivity contribution in [3.8, 4) is 0 Å². The van der Waals surface area contributed by atoms with Crippen molar-refractivity contribution in [1.29, 1.82) is 0 Å².